The number of nitro groups is 2. The second-order valence-electron chi connectivity index (χ2n) is 7.67. The van der Waals surface area contributed by atoms with Crippen LogP contribution in [-0.4, -0.2) is 49.2 Å². The van der Waals surface area contributed by atoms with Crippen molar-refractivity contribution in [2.75, 3.05) is 37.0 Å². The molecule has 1 fully saturated rings. The molecular weight excluding hydrogens is 416 g/mol. The lowest BCUT2D eigenvalue weighted by molar-refractivity contribution is -0.393. The first-order valence-corrected chi connectivity index (χ1v) is 10.0. The maximum absolute atomic E-state index is 12.4. The molecule has 0 aromatic heterocycles. The largest absolute Gasteiger partial charge is 0.378 e. The fraction of sp³-hybridized carbons (Fsp3) is 0.333. The molecule has 0 unspecified atom stereocenters. The van der Waals surface area contributed by atoms with Crippen LogP contribution in [0.25, 0.3) is 0 Å². The van der Waals surface area contributed by atoms with Crippen molar-refractivity contribution in [1.29, 1.82) is 0 Å². The predicted molar refractivity (Wildman–Crippen MR) is 121 cm³/mol. The van der Waals surface area contributed by atoms with Crippen LogP contribution in [-0.2, 0) is 4.79 Å². The van der Waals surface area contributed by atoms with Crippen LogP contribution in [0.5, 0.6) is 0 Å². The maximum Gasteiger partial charge on any atom is 0.299 e. The van der Waals surface area contributed by atoms with Crippen molar-refractivity contribution in [2.45, 2.75) is 12.8 Å². The van der Waals surface area contributed by atoms with E-state index >= 15 is 0 Å². The van der Waals surface area contributed by atoms with Gasteiger partial charge >= 0.3 is 0 Å². The number of piperidine rings is 1. The third-order valence-electron chi connectivity index (χ3n) is 5.37. The molecule has 0 atom stereocenters. The number of amides is 1. The highest BCUT2D eigenvalue weighted by atomic mass is 16.6. The Hall–Kier alpha value is -4.02. The molecule has 1 aliphatic rings. The monoisotopic (exact) mass is 440 g/mol. The number of rotatable bonds is 7. The van der Waals surface area contributed by atoms with E-state index in [1.165, 1.54) is 12.1 Å². The molecule has 168 valence electrons. The summed E-state index contributed by atoms with van der Waals surface area (Å²) in [6.45, 7) is 0.846. The van der Waals surface area contributed by atoms with Gasteiger partial charge in [0, 0.05) is 44.9 Å². The number of nitrogens with zero attached hydrogens (tertiary/aromatic N) is 5. The zero-order chi connectivity index (χ0) is 23.3. The number of hydrogen-bond acceptors (Lipinski definition) is 8. The molecule has 1 saturated heterocycles. The van der Waals surface area contributed by atoms with Crippen LogP contribution in [0.3, 0.4) is 0 Å². The van der Waals surface area contributed by atoms with E-state index in [4.69, 9.17) is 0 Å². The molecule has 2 aromatic rings. The van der Waals surface area contributed by atoms with Crippen LogP contribution in [0.2, 0.25) is 0 Å². The lowest BCUT2D eigenvalue weighted by Gasteiger charge is -2.32. The minimum Gasteiger partial charge on any atom is -0.378 e. The number of non-ortho nitro benzene ring substituents is 1. The van der Waals surface area contributed by atoms with Gasteiger partial charge in [-0.1, -0.05) is 12.1 Å². The van der Waals surface area contributed by atoms with Gasteiger partial charge in [-0.25, -0.2) is 5.43 Å². The third kappa shape index (κ3) is 5.36. The molecule has 2 aromatic carbocycles. The Balaban J connectivity index is 1.57. The number of nitrogens with one attached hydrogen (secondary N) is 1. The van der Waals surface area contributed by atoms with Gasteiger partial charge in [-0.15, -0.1) is 0 Å². The van der Waals surface area contributed by atoms with Gasteiger partial charge in [0.05, 0.1) is 22.1 Å². The van der Waals surface area contributed by atoms with E-state index in [0.717, 1.165) is 17.3 Å². The summed E-state index contributed by atoms with van der Waals surface area (Å²) >= 11 is 0. The number of benzene rings is 2. The number of carbonyl (C=O) groups excluding carboxylic acids is 1. The highest BCUT2D eigenvalue weighted by Gasteiger charge is 2.29. The summed E-state index contributed by atoms with van der Waals surface area (Å²) in [4.78, 5) is 37.2. The van der Waals surface area contributed by atoms with Gasteiger partial charge in [0.2, 0.25) is 5.91 Å². The average molecular weight is 440 g/mol. The Morgan fingerprint density at radius 2 is 1.75 bits per heavy atom. The third-order valence-corrected chi connectivity index (χ3v) is 5.37. The fourth-order valence-electron chi connectivity index (χ4n) is 3.54. The van der Waals surface area contributed by atoms with Crippen LogP contribution < -0.4 is 15.2 Å². The standard InChI is InChI=1S/C21H24N6O5/c1-24(2)17-5-3-15(4-6-17)14-22-23-21(28)16-9-11-25(12-10-16)19-8-7-18(26(29)30)13-20(19)27(31)32/h3-8,13-14,16H,9-12H2,1-2H3,(H,23,28)/b22-14+. The van der Waals surface area contributed by atoms with Crippen molar-refractivity contribution in [3.05, 3.63) is 68.3 Å². The van der Waals surface area contributed by atoms with Gasteiger partial charge in [0.1, 0.15) is 5.69 Å². The minimum atomic E-state index is -0.662. The number of hydrogen-bond donors (Lipinski definition) is 1. The van der Waals surface area contributed by atoms with Gasteiger partial charge in [-0.3, -0.25) is 25.0 Å². The summed E-state index contributed by atoms with van der Waals surface area (Å²) in [6.07, 6.45) is 2.56. The number of nitro benzene ring substituents is 2. The summed E-state index contributed by atoms with van der Waals surface area (Å²) in [6, 6.07) is 11.3. The first-order chi connectivity index (χ1) is 15.3. The molecule has 32 heavy (non-hydrogen) atoms. The maximum atomic E-state index is 12.4. The number of hydrazone groups is 1. The van der Waals surface area contributed by atoms with Crippen LogP contribution >= 0.6 is 0 Å². The minimum absolute atomic E-state index is 0.205. The zero-order valence-corrected chi connectivity index (χ0v) is 17.8. The second-order valence-corrected chi connectivity index (χ2v) is 7.67. The molecule has 11 nitrogen and oxygen atoms in total. The summed E-state index contributed by atoms with van der Waals surface area (Å²) in [5, 5.41) is 26.3. The van der Waals surface area contributed by atoms with Crippen molar-refractivity contribution >= 4 is 34.9 Å². The van der Waals surface area contributed by atoms with E-state index < -0.39 is 9.85 Å². The van der Waals surface area contributed by atoms with E-state index in [1.807, 2.05) is 43.3 Å². The van der Waals surface area contributed by atoms with E-state index in [2.05, 4.69) is 10.5 Å². The quantitative estimate of drug-likeness (QED) is 0.397. The van der Waals surface area contributed by atoms with Gasteiger partial charge in [-0.05, 0) is 36.6 Å². The average Bonchev–Trinajstić information content (AvgIpc) is 2.79. The SMILES string of the molecule is CN(C)c1ccc(/C=N/NC(=O)C2CCN(c3ccc([N+](=O)[O-])cc3[N+](=O)[O-])CC2)cc1. The first kappa shape index (κ1) is 22.7. The Labute approximate surface area is 184 Å². The topological polar surface area (TPSA) is 134 Å². The lowest BCUT2D eigenvalue weighted by Crippen LogP contribution is -2.39. The number of carbonyl (C=O) groups is 1. The van der Waals surface area contributed by atoms with Crippen molar-refractivity contribution < 1.29 is 14.6 Å². The molecule has 0 aliphatic carbocycles. The normalized spacial score (nSPS) is 14.4. The molecule has 3 rings (SSSR count). The molecule has 11 heteroatoms. The molecule has 1 N–H and O–H groups in total. The Kier molecular flexibility index (Phi) is 6.98. The Morgan fingerprint density at radius 3 is 2.31 bits per heavy atom. The van der Waals surface area contributed by atoms with Gasteiger partial charge in [0.25, 0.3) is 11.4 Å². The van der Waals surface area contributed by atoms with Crippen molar-refractivity contribution in [2.24, 2.45) is 11.0 Å². The van der Waals surface area contributed by atoms with Gasteiger partial charge in [-0.2, -0.15) is 5.10 Å². The molecule has 1 heterocycles. The Morgan fingerprint density at radius 1 is 1.09 bits per heavy atom. The van der Waals surface area contributed by atoms with Crippen molar-refractivity contribution in [3.8, 4) is 0 Å². The first-order valence-electron chi connectivity index (χ1n) is 10.0. The highest BCUT2D eigenvalue weighted by molar-refractivity contribution is 5.84. The van der Waals surface area contributed by atoms with Crippen LogP contribution in [0.15, 0.2) is 47.6 Å². The zero-order valence-electron chi connectivity index (χ0n) is 17.8. The molecule has 0 bridgehead atoms. The smallest absolute Gasteiger partial charge is 0.299 e. The van der Waals surface area contributed by atoms with Crippen molar-refractivity contribution in [1.82, 2.24) is 5.43 Å². The number of anilines is 2. The Bertz CT molecular complexity index is 1030. The molecule has 0 spiro atoms. The van der Waals surface area contributed by atoms with E-state index in [1.54, 1.807) is 11.1 Å². The van der Waals surface area contributed by atoms with Crippen molar-refractivity contribution in [3.63, 3.8) is 0 Å². The lowest BCUT2D eigenvalue weighted by atomic mass is 9.95. The van der Waals surface area contributed by atoms with Crippen LogP contribution in [0.1, 0.15) is 18.4 Å². The highest BCUT2D eigenvalue weighted by Crippen LogP contribution is 2.34. The molecule has 1 amide bonds. The summed E-state index contributed by atoms with van der Waals surface area (Å²) in [5.74, 6) is -0.472. The van der Waals surface area contributed by atoms with Gasteiger partial charge < -0.3 is 9.80 Å². The van der Waals surface area contributed by atoms with Crippen LogP contribution in [0, 0.1) is 26.1 Å². The van der Waals surface area contributed by atoms with Gasteiger partial charge in [0.15, 0.2) is 0 Å². The fourth-order valence-corrected chi connectivity index (χ4v) is 3.54. The van der Waals surface area contributed by atoms with E-state index in [0.29, 0.717) is 31.6 Å². The van der Waals surface area contributed by atoms with Crippen LogP contribution in [0.4, 0.5) is 22.7 Å². The van der Waals surface area contributed by atoms with E-state index in [-0.39, 0.29) is 23.2 Å². The summed E-state index contributed by atoms with van der Waals surface area (Å²) in [5.41, 5.74) is 4.16. The second kappa shape index (κ2) is 9.86. The predicted octanol–water partition coefficient (Wildman–Crippen LogP) is 2.94. The summed E-state index contributed by atoms with van der Waals surface area (Å²) < 4.78 is 0. The molecular formula is C21H24N6O5. The molecule has 0 saturated carbocycles. The molecule has 0 radical (unpaired) electrons. The summed E-state index contributed by atoms with van der Waals surface area (Å²) in [7, 11) is 3.91. The van der Waals surface area contributed by atoms with E-state index in [9.17, 15) is 25.0 Å². The molecule has 1 aliphatic heterocycles.